The lowest BCUT2D eigenvalue weighted by molar-refractivity contribution is 0.250. The molecule has 2 aliphatic rings. The van der Waals surface area contributed by atoms with Crippen molar-refractivity contribution in [3.63, 3.8) is 0 Å². The van der Waals surface area contributed by atoms with Gasteiger partial charge >= 0.3 is 0 Å². The molecule has 0 aromatic heterocycles. The Morgan fingerprint density at radius 3 is 2.75 bits per heavy atom. The summed E-state index contributed by atoms with van der Waals surface area (Å²) in [6, 6.07) is 14.6. The normalized spacial score (nSPS) is 24.6. The van der Waals surface area contributed by atoms with E-state index in [4.69, 9.17) is 4.74 Å². The average Bonchev–Trinajstić information content (AvgIpc) is 3.06. The Morgan fingerprint density at radius 2 is 2.00 bits per heavy atom. The molecule has 6 heteroatoms. The second-order valence-electron chi connectivity index (χ2n) is 7.95. The molecule has 2 aromatic carbocycles. The first-order valence-electron chi connectivity index (χ1n) is 9.96. The Balaban J connectivity index is 1.58. The van der Waals surface area contributed by atoms with Crippen molar-refractivity contribution in [2.75, 3.05) is 12.8 Å². The van der Waals surface area contributed by atoms with Crippen LogP contribution in [0.4, 0.5) is 0 Å². The zero-order valence-electron chi connectivity index (χ0n) is 16.4. The molecule has 0 radical (unpaired) electrons. The maximum atomic E-state index is 12.1. The predicted octanol–water partition coefficient (Wildman–Crippen LogP) is 3.00. The molecule has 2 aliphatic heterocycles. The molecule has 1 fully saturated rings. The maximum Gasteiger partial charge on any atom is 0.175 e. The highest BCUT2D eigenvalue weighted by atomic mass is 32.2. The summed E-state index contributed by atoms with van der Waals surface area (Å²) in [6.07, 6.45) is 4.30. The van der Waals surface area contributed by atoms with Gasteiger partial charge in [0.1, 0.15) is 11.9 Å². The molecule has 4 rings (SSSR count). The fourth-order valence-corrected chi connectivity index (χ4v) is 5.00. The number of ether oxygens (including phenoxy) is 1. The summed E-state index contributed by atoms with van der Waals surface area (Å²) in [4.78, 5) is 0.377. The van der Waals surface area contributed by atoms with Crippen LogP contribution in [0, 0.1) is 0 Å². The zero-order valence-corrected chi connectivity index (χ0v) is 17.3. The molecule has 0 spiro atoms. The molecule has 0 amide bonds. The van der Waals surface area contributed by atoms with Gasteiger partial charge in [-0.1, -0.05) is 30.3 Å². The highest BCUT2D eigenvalue weighted by Gasteiger charge is 2.28. The van der Waals surface area contributed by atoms with Crippen LogP contribution in [-0.2, 0) is 22.8 Å². The van der Waals surface area contributed by atoms with E-state index in [0.29, 0.717) is 11.4 Å². The molecule has 0 saturated carbocycles. The van der Waals surface area contributed by atoms with Crippen LogP contribution in [0.1, 0.15) is 42.5 Å². The van der Waals surface area contributed by atoms with Gasteiger partial charge in [-0.15, -0.1) is 0 Å². The second kappa shape index (κ2) is 7.85. The van der Waals surface area contributed by atoms with Crippen LogP contribution in [0.5, 0.6) is 5.75 Å². The molecule has 2 N–H and O–H groups in total. The number of piperidine rings is 1. The van der Waals surface area contributed by atoms with Gasteiger partial charge < -0.3 is 15.4 Å². The van der Waals surface area contributed by atoms with Crippen molar-refractivity contribution in [3.8, 4) is 5.75 Å². The standard InChI is InChI=1S/C22H28N2O3S/c1-15-11-17-12-19(28(2,25)26)13-18(22(17)27-15)14-24-20-9-6-10-23-21(20)16-7-4-3-5-8-16/h3-5,7-8,12-13,15,20-21,23-24H,6,9-11,14H2,1-2H3/t15?,20-,21-/m0/s1. The number of rotatable bonds is 5. The molecular formula is C22H28N2O3S. The molecule has 0 bridgehead atoms. The molecule has 28 heavy (non-hydrogen) atoms. The van der Waals surface area contributed by atoms with Crippen LogP contribution < -0.4 is 15.4 Å². The van der Waals surface area contributed by atoms with Crippen molar-refractivity contribution >= 4 is 9.84 Å². The summed E-state index contributed by atoms with van der Waals surface area (Å²) in [6.45, 7) is 3.62. The SMILES string of the molecule is CC1Cc2cc(S(C)(=O)=O)cc(CN[C@H]3CCCN[C@H]3c3ccccc3)c2O1. The first-order valence-corrected chi connectivity index (χ1v) is 11.8. The zero-order chi connectivity index (χ0) is 19.7. The fourth-order valence-electron chi connectivity index (χ4n) is 4.28. The lowest BCUT2D eigenvalue weighted by Crippen LogP contribution is -2.45. The third-order valence-corrected chi connectivity index (χ3v) is 6.73. The summed E-state index contributed by atoms with van der Waals surface area (Å²) >= 11 is 0. The third-order valence-electron chi connectivity index (χ3n) is 5.64. The van der Waals surface area contributed by atoms with Crippen LogP contribution in [0.25, 0.3) is 0 Å². The molecule has 1 unspecified atom stereocenters. The Bertz CT molecular complexity index is 944. The van der Waals surface area contributed by atoms with Gasteiger partial charge in [-0.25, -0.2) is 8.42 Å². The van der Waals surface area contributed by atoms with E-state index in [0.717, 1.165) is 42.7 Å². The van der Waals surface area contributed by atoms with E-state index >= 15 is 0 Å². The van der Waals surface area contributed by atoms with Gasteiger partial charge in [0.05, 0.1) is 4.90 Å². The molecule has 2 heterocycles. The summed E-state index contributed by atoms with van der Waals surface area (Å²) in [5.74, 6) is 0.854. The van der Waals surface area contributed by atoms with Crippen molar-refractivity contribution in [2.24, 2.45) is 0 Å². The number of benzene rings is 2. The summed E-state index contributed by atoms with van der Waals surface area (Å²) < 4.78 is 30.3. The van der Waals surface area contributed by atoms with E-state index < -0.39 is 9.84 Å². The quantitative estimate of drug-likeness (QED) is 0.808. The minimum Gasteiger partial charge on any atom is -0.490 e. The van der Waals surface area contributed by atoms with E-state index in [1.807, 2.05) is 13.0 Å². The molecule has 1 saturated heterocycles. The Morgan fingerprint density at radius 1 is 1.21 bits per heavy atom. The smallest absolute Gasteiger partial charge is 0.175 e. The number of fused-ring (bicyclic) bond motifs is 1. The van der Waals surface area contributed by atoms with Crippen LogP contribution in [0.3, 0.4) is 0 Å². The van der Waals surface area contributed by atoms with E-state index in [1.165, 1.54) is 11.8 Å². The third kappa shape index (κ3) is 4.09. The van der Waals surface area contributed by atoms with E-state index in [-0.39, 0.29) is 18.2 Å². The number of hydrogen-bond donors (Lipinski definition) is 2. The molecule has 150 valence electrons. The van der Waals surface area contributed by atoms with Crippen molar-refractivity contribution in [1.82, 2.24) is 10.6 Å². The summed E-state index contributed by atoms with van der Waals surface area (Å²) in [5.41, 5.74) is 3.20. The second-order valence-corrected chi connectivity index (χ2v) is 9.96. The van der Waals surface area contributed by atoms with Crippen LogP contribution in [0.15, 0.2) is 47.4 Å². The number of nitrogens with one attached hydrogen (secondary N) is 2. The largest absolute Gasteiger partial charge is 0.490 e. The maximum absolute atomic E-state index is 12.1. The van der Waals surface area contributed by atoms with Crippen molar-refractivity contribution < 1.29 is 13.2 Å². The van der Waals surface area contributed by atoms with Gasteiger partial charge in [0.2, 0.25) is 0 Å². The predicted molar refractivity (Wildman–Crippen MR) is 110 cm³/mol. The molecule has 2 aromatic rings. The molecule has 5 nitrogen and oxygen atoms in total. The molecular weight excluding hydrogens is 372 g/mol. The lowest BCUT2D eigenvalue weighted by atomic mass is 9.92. The lowest BCUT2D eigenvalue weighted by Gasteiger charge is -2.34. The van der Waals surface area contributed by atoms with E-state index in [2.05, 4.69) is 34.9 Å². The molecule has 3 atom stereocenters. The van der Waals surface area contributed by atoms with Crippen LogP contribution in [0.2, 0.25) is 0 Å². The number of sulfone groups is 1. The Labute approximate surface area is 167 Å². The topological polar surface area (TPSA) is 67.4 Å². The van der Waals surface area contributed by atoms with E-state index in [1.54, 1.807) is 12.1 Å². The van der Waals surface area contributed by atoms with Gasteiger partial charge in [0.15, 0.2) is 9.84 Å². The monoisotopic (exact) mass is 400 g/mol. The fraction of sp³-hybridized carbons (Fsp3) is 0.455. The highest BCUT2D eigenvalue weighted by Crippen LogP contribution is 2.35. The highest BCUT2D eigenvalue weighted by molar-refractivity contribution is 7.90. The van der Waals surface area contributed by atoms with E-state index in [9.17, 15) is 8.42 Å². The van der Waals surface area contributed by atoms with Gasteiger partial charge in [0.25, 0.3) is 0 Å². The van der Waals surface area contributed by atoms with Crippen molar-refractivity contribution in [3.05, 3.63) is 59.2 Å². The van der Waals surface area contributed by atoms with Crippen molar-refractivity contribution in [1.29, 1.82) is 0 Å². The van der Waals surface area contributed by atoms with Gasteiger partial charge in [-0.2, -0.15) is 0 Å². The molecule has 0 aliphatic carbocycles. The van der Waals surface area contributed by atoms with Gasteiger partial charge in [-0.3, -0.25) is 0 Å². The Kier molecular flexibility index (Phi) is 5.45. The summed E-state index contributed by atoms with van der Waals surface area (Å²) in [7, 11) is -3.26. The first kappa shape index (κ1) is 19.4. The summed E-state index contributed by atoms with van der Waals surface area (Å²) in [5, 5.41) is 7.30. The van der Waals surface area contributed by atoms with Crippen LogP contribution in [-0.4, -0.2) is 33.4 Å². The van der Waals surface area contributed by atoms with Crippen molar-refractivity contribution in [2.45, 2.75) is 55.8 Å². The minimum absolute atomic E-state index is 0.0805. The minimum atomic E-state index is -3.26. The van der Waals surface area contributed by atoms with Gasteiger partial charge in [0, 0.05) is 36.9 Å². The van der Waals surface area contributed by atoms with Crippen LogP contribution >= 0.6 is 0 Å². The number of hydrogen-bond acceptors (Lipinski definition) is 5. The first-order chi connectivity index (χ1) is 13.4. The van der Waals surface area contributed by atoms with Gasteiger partial charge in [-0.05, 0) is 49.6 Å². The average molecular weight is 401 g/mol. The Hall–Kier alpha value is -1.89.